The van der Waals surface area contributed by atoms with Gasteiger partial charge in [0.25, 0.3) is 0 Å². The molecule has 0 unspecified atom stereocenters. The highest BCUT2D eigenvalue weighted by molar-refractivity contribution is 6.03. The van der Waals surface area contributed by atoms with Gasteiger partial charge in [0.1, 0.15) is 11.3 Å². The lowest BCUT2D eigenvalue weighted by Crippen LogP contribution is -2.14. The maximum absolute atomic E-state index is 12.4. The van der Waals surface area contributed by atoms with Crippen molar-refractivity contribution in [3.05, 3.63) is 65.4 Å². The first-order valence-corrected chi connectivity index (χ1v) is 7.67. The molecule has 1 aromatic heterocycles. The lowest BCUT2D eigenvalue weighted by atomic mass is 9.91. The fourth-order valence-corrected chi connectivity index (χ4v) is 3.34. The van der Waals surface area contributed by atoms with Crippen LogP contribution in [0.2, 0.25) is 0 Å². The third-order valence-electron chi connectivity index (χ3n) is 4.42. The maximum atomic E-state index is 12.4. The third kappa shape index (κ3) is 1.93. The molecule has 1 N–H and O–H groups in total. The molecule has 3 aromatic rings. The molecular weight excluding hydrogens is 274 g/mol. The number of hydrogen-bond acceptors (Lipinski definition) is 2. The SMILES string of the molecule is CCc1oc2ccccc2c1C[C@@H]1C(=O)Nc2ccccc21. The molecule has 4 rings (SSSR count). The van der Waals surface area contributed by atoms with E-state index in [1.165, 1.54) is 0 Å². The van der Waals surface area contributed by atoms with Gasteiger partial charge in [-0.25, -0.2) is 0 Å². The highest BCUT2D eigenvalue weighted by Gasteiger charge is 2.31. The molecule has 0 saturated heterocycles. The van der Waals surface area contributed by atoms with Crippen molar-refractivity contribution in [2.45, 2.75) is 25.7 Å². The number of nitrogens with one attached hydrogen (secondary N) is 1. The van der Waals surface area contributed by atoms with Crippen molar-refractivity contribution in [2.75, 3.05) is 5.32 Å². The summed E-state index contributed by atoms with van der Waals surface area (Å²) in [5, 5.41) is 4.10. The zero-order valence-corrected chi connectivity index (χ0v) is 12.4. The average Bonchev–Trinajstić information content (AvgIpc) is 3.06. The smallest absolute Gasteiger partial charge is 0.232 e. The standard InChI is InChI=1S/C19H17NO2/c1-2-17-14(13-8-4-6-10-18(13)22-17)11-15-12-7-3-5-9-16(12)20-19(15)21/h3-10,15H,2,11H2,1H3,(H,20,21)/t15-/m0/s1. The number of carbonyl (C=O) groups is 1. The van der Waals surface area contributed by atoms with E-state index in [1.54, 1.807) is 0 Å². The zero-order chi connectivity index (χ0) is 15.1. The number of anilines is 1. The third-order valence-corrected chi connectivity index (χ3v) is 4.42. The second-order valence-corrected chi connectivity index (χ2v) is 5.69. The van der Waals surface area contributed by atoms with Crippen LogP contribution in [0.3, 0.4) is 0 Å². The molecule has 0 bridgehead atoms. The maximum Gasteiger partial charge on any atom is 0.232 e. The summed E-state index contributed by atoms with van der Waals surface area (Å²) in [6, 6.07) is 16.0. The largest absolute Gasteiger partial charge is 0.461 e. The van der Waals surface area contributed by atoms with Gasteiger partial charge in [-0.05, 0) is 24.1 Å². The van der Waals surface area contributed by atoms with E-state index in [0.29, 0.717) is 6.42 Å². The number of carbonyl (C=O) groups excluding carboxylic acids is 1. The van der Waals surface area contributed by atoms with Crippen molar-refractivity contribution in [3.63, 3.8) is 0 Å². The van der Waals surface area contributed by atoms with Gasteiger partial charge in [0, 0.05) is 23.1 Å². The van der Waals surface area contributed by atoms with E-state index in [9.17, 15) is 4.79 Å². The molecule has 1 amide bonds. The normalized spacial score (nSPS) is 16.8. The predicted molar refractivity (Wildman–Crippen MR) is 87.1 cm³/mol. The Morgan fingerprint density at radius 3 is 2.73 bits per heavy atom. The Bertz CT molecular complexity index is 863. The van der Waals surface area contributed by atoms with Crippen molar-refractivity contribution in [2.24, 2.45) is 0 Å². The van der Waals surface area contributed by atoms with Crippen LogP contribution >= 0.6 is 0 Å². The number of aryl methyl sites for hydroxylation is 1. The Labute approximate surface area is 128 Å². The second-order valence-electron chi connectivity index (χ2n) is 5.69. The molecule has 1 aliphatic heterocycles. The summed E-state index contributed by atoms with van der Waals surface area (Å²) in [5.41, 5.74) is 4.08. The van der Waals surface area contributed by atoms with Gasteiger partial charge in [0.15, 0.2) is 0 Å². The van der Waals surface area contributed by atoms with Crippen molar-refractivity contribution in [1.29, 1.82) is 0 Å². The number of para-hydroxylation sites is 2. The molecule has 0 aliphatic carbocycles. The summed E-state index contributed by atoms with van der Waals surface area (Å²) in [7, 11) is 0. The first kappa shape index (κ1) is 13.1. The highest BCUT2D eigenvalue weighted by Crippen LogP contribution is 2.37. The van der Waals surface area contributed by atoms with E-state index in [1.807, 2.05) is 42.5 Å². The minimum atomic E-state index is -0.137. The minimum Gasteiger partial charge on any atom is -0.461 e. The van der Waals surface area contributed by atoms with Gasteiger partial charge in [-0.3, -0.25) is 4.79 Å². The zero-order valence-electron chi connectivity index (χ0n) is 12.4. The number of furan rings is 1. The van der Waals surface area contributed by atoms with Gasteiger partial charge >= 0.3 is 0 Å². The van der Waals surface area contributed by atoms with Crippen LogP contribution in [0.25, 0.3) is 11.0 Å². The van der Waals surface area contributed by atoms with Gasteiger partial charge in [0.2, 0.25) is 5.91 Å². The lowest BCUT2D eigenvalue weighted by molar-refractivity contribution is -0.117. The molecule has 0 fully saturated rings. The van der Waals surface area contributed by atoms with Crippen LogP contribution in [-0.2, 0) is 17.6 Å². The van der Waals surface area contributed by atoms with Crippen molar-refractivity contribution in [1.82, 2.24) is 0 Å². The van der Waals surface area contributed by atoms with Crippen molar-refractivity contribution in [3.8, 4) is 0 Å². The summed E-state index contributed by atoms with van der Waals surface area (Å²) >= 11 is 0. The lowest BCUT2D eigenvalue weighted by Gasteiger charge is -2.09. The van der Waals surface area contributed by atoms with Crippen LogP contribution in [-0.4, -0.2) is 5.91 Å². The van der Waals surface area contributed by atoms with Crippen LogP contribution in [0.4, 0.5) is 5.69 Å². The van der Waals surface area contributed by atoms with Crippen molar-refractivity contribution >= 4 is 22.6 Å². The molecule has 110 valence electrons. The van der Waals surface area contributed by atoms with Gasteiger partial charge in [-0.2, -0.15) is 0 Å². The Morgan fingerprint density at radius 1 is 1.09 bits per heavy atom. The summed E-state index contributed by atoms with van der Waals surface area (Å²) < 4.78 is 5.95. The number of hydrogen-bond donors (Lipinski definition) is 1. The Hall–Kier alpha value is -2.55. The number of fused-ring (bicyclic) bond motifs is 2. The van der Waals surface area contributed by atoms with Gasteiger partial charge in [0.05, 0.1) is 5.92 Å². The Morgan fingerprint density at radius 2 is 1.86 bits per heavy atom. The number of amides is 1. The molecule has 0 saturated carbocycles. The van der Waals surface area contributed by atoms with Crippen LogP contribution in [0, 0.1) is 0 Å². The topological polar surface area (TPSA) is 42.2 Å². The average molecular weight is 291 g/mol. The molecule has 2 aromatic carbocycles. The first-order valence-electron chi connectivity index (χ1n) is 7.67. The first-order chi connectivity index (χ1) is 10.8. The van der Waals surface area contributed by atoms with E-state index < -0.39 is 0 Å². The van der Waals surface area contributed by atoms with Gasteiger partial charge in [-0.15, -0.1) is 0 Å². The fraction of sp³-hybridized carbons (Fsp3) is 0.211. The summed E-state index contributed by atoms with van der Waals surface area (Å²) in [4.78, 5) is 12.4. The van der Waals surface area contributed by atoms with E-state index in [4.69, 9.17) is 4.42 Å². The van der Waals surface area contributed by atoms with E-state index in [-0.39, 0.29) is 11.8 Å². The molecule has 2 heterocycles. The number of rotatable bonds is 3. The van der Waals surface area contributed by atoms with Crippen LogP contribution < -0.4 is 5.32 Å². The van der Waals surface area contributed by atoms with E-state index in [0.717, 1.165) is 40.0 Å². The Kier molecular flexibility index (Phi) is 3.00. The molecule has 1 aliphatic rings. The fourth-order valence-electron chi connectivity index (χ4n) is 3.34. The van der Waals surface area contributed by atoms with Crippen LogP contribution in [0.15, 0.2) is 52.9 Å². The highest BCUT2D eigenvalue weighted by atomic mass is 16.3. The van der Waals surface area contributed by atoms with Gasteiger partial charge < -0.3 is 9.73 Å². The quantitative estimate of drug-likeness (QED) is 0.783. The minimum absolute atomic E-state index is 0.0773. The summed E-state index contributed by atoms with van der Waals surface area (Å²) in [6.45, 7) is 2.09. The van der Waals surface area contributed by atoms with Gasteiger partial charge in [-0.1, -0.05) is 43.3 Å². The predicted octanol–water partition coefficient (Wildman–Crippen LogP) is 4.27. The summed E-state index contributed by atoms with van der Waals surface area (Å²) in [5.74, 6) is 0.925. The van der Waals surface area contributed by atoms with Crippen LogP contribution in [0.1, 0.15) is 29.7 Å². The molecule has 0 radical (unpaired) electrons. The molecular formula is C19H17NO2. The molecule has 22 heavy (non-hydrogen) atoms. The second kappa shape index (κ2) is 5.02. The van der Waals surface area contributed by atoms with Crippen LogP contribution in [0.5, 0.6) is 0 Å². The molecule has 0 spiro atoms. The monoisotopic (exact) mass is 291 g/mol. The molecule has 3 nitrogen and oxygen atoms in total. The molecule has 3 heteroatoms. The summed E-state index contributed by atoms with van der Waals surface area (Å²) in [6.07, 6.45) is 1.52. The number of benzene rings is 2. The van der Waals surface area contributed by atoms with E-state index >= 15 is 0 Å². The Balaban J connectivity index is 1.80. The van der Waals surface area contributed by atoms with E-state index in [2.05, 4.69) is 18.3 Å². The van der Waals surface area contributed by atoms with Crippen molar-refractivity contribution < 1.29 is 9.21 Å². The molecule has 1 atom stereocenters.